The average molecular weight is 230 g/mol. The zero-order chi connectivity index (χ0) is 12.4. The highest BCUT2D eigenvalue weighted by Crippen LogP contribution is 2.25. The summed E-state index contributed by atoms with van der Waals surface area (Å²) >= 11 is 0. The second-order valence-corrected chi connectivity index (χ2v) is 4.99. The van der Waals surface area contributed by atoms with Gasteiger partial charge in [-0.2, -0.15) is 0 Å². The van der Waals surface area contributed by atoms with E-state index < -0.39 is 0 Å². The van der Waals surface area contributed by atoms with E-state index >= 15 is 0 Å². The van der Waals surface area contributed by atoms with Gasteiger partial charge < -0.3 is 10.2 Å². The Bertz CT molecular complexity index is 423. The van der Waals surface area contributed by atoms with Crippen molar-refractivity contribution in [2.75, 3.05) is 20.1 Å². The van der Waals surface area contributed by atoms with Gasteiger partial charge in [0.05, 0.1) is 0 Å². The average Bonchev–Trinajstić information content (AvgIpc) is 2.76. The zero-order valence-corrected chi connectivity index (χ0v) is 11.1. The normalized spacial score (nSPS) is 19.7. The van der Waals surface area contributed by atoms with Crippen LogP contribution < -0.4 is 5.32 Å². The Balaban J connectivity index is 2.15. The third-order valence-electron chi connectivity index (χ3n) is 3.67. The highest BCUT2D eigenvalue weighted by Gasteiger charge is 2.22. The van der Waals surface area contributed by atoms with E-state index in [-0.39, 0.29) is 0 Å². The molecule has 2 nitrogen and oxygen atoms in total. The van der Waals surface area contributed by atoms with Crippen molar-refractivity contribution in [2.45, 2.75) is 26.3 Å². The highest BCUT2D eigenvalue weighted by atomic mass is 15.2. The largest absolute Gasteiger partial charge is 0.370 e. The third-order valence-corrected chi connectivity index (χ3v) is 3.67. The molecule has 2 rings (SSSR count). The Kier molecular flexibility index (Phi) is 3.53. The molecule has 1 saturated heterocycles. The van der Waals surface area contributed by atoms with Gasteiger partial charge in [0.15, 0.2) is 0 Å². The molecule has 2 heteroatoms. The van der Waals surface area contributed by atoms with Crippen LogP contribution in [0.3, 0.4) is 0 Å². The first-order valence-corrected chi connectivity index (χ1v) is 6.30. The monoisotopic (exact) mass is 230 g/mol. The Morgan fingerprint density at radius 1 is 1.41 bits per heavy atom. The van der Waals surface area contributed by atoms with Crippen LogP contribution in [0.4, 0.5) is 0 Å². The number of rotatable bonds is 3. The fourth-order valence-electron chi connectivity index (χ4n) is 2.55. The van der Waals surface area contributed by atoms with E-state index in [1.54, 1.807) is 0 Å². The summed E-state index contributed by atoms with van der Waals surface area (Å²) in [7, 11) is 2.04. The van der Waals surface area contributed by atoms with Gasteiger partial charge in [0.1, 0.15) is 0 Å². The van der Waals surface area contributed by atoms with Crippen molar-refractivity contribution in [3.05, 3.63) is 41.5 Å². The summed E-state index contributed by atoms with van der Waals surface area (Å²) in [6.07, 6.45) is 1.21. The van der Waals surface area contributed by atoms with Gasteiger partial charge in [-0.15, -0.1) is 0 Å². The number of nitrogens with one attached hydrogen (secondary N) is 1. The Labute approximate surface area is 104 Å². The molecule has 1 atom stereocenters. The van der Waals surface area contributed by atoms with E-state index in [4.69, 9.17) is 0 Å². The number of aryl methyl sites for hydroxylation is 2. The third kappa shape index (κ3) is 2.52. The van der Waals surface area contributed by atoms with E-state index in [2.05, 4.69) is 48.8 Å². The van der Waals surface area contributed by atoms with Gasteiger partial charge in [0.2, 0.25) is 0 Å². The molecule has 1 heterocycles. The molecular formula is C15H22N2. The summed E-state index contributed by atoms with van der Waals surface area (Å²) in [6, 6.07) is 7.20. The summed E-state index contributed by atoms with van der Waals surface area (Å²) in [4.78, 5) is 2.39. The Morgan fingerprint density at radius 3 is 2.76 bits per heavy atom. The van der Waals surface area contributed by atoms with Crippen LogP contribution in [0.25, 0.3) is 5.70 Å². The van der Waals surface area contributed by atoms with Crippen LogP contribution >= 0.6 is 0 Å². The van der Waals surface area contributed by atoms with E-state index in [1.165, 1.54) is 28.8 Å². The number of hydrogen-bond donors (Lipinski definition) is 1. The van der Waals surface area contributed by atoms with E-state index in [9.17, 15) is 0 Å². The van der Waals surface area contributed by atoms with Crippen LogP contribution in [0.2, 0.25) is 0 Å². The van der Waals surface area contributed by atoms with Gasteiger partial charge in [-0.1, -0.05) is 30.3 Å². The van der Waals surface area contributed by atoms with Gasteiger partial charge in [0, 0.05) is 30.4 Å². The first kappa shape index (κ1) is 12.2. The fraction of sp³-hybridized carbons (Fsp3) is 0.467. The zero-order valence-electron chi connectivity index (χ0n) is 11.1. The maximum atomic E-state index is 4.26. The summed E-state index contributed by atoms with van der Waals surface area (Å²) < 4.78 is 0. The van der Waals surface area contributed by atoms with Gasteiger partial charge in [-0.3, -0.25) is 0 Å². The van der Waals surface area contributed by atoms with Gasteiger partial charge >= 0.3 is 0 Å². The second-order valence-electron chi connectivity index (χ2n) is 4.99. The summed E-state index contributed by atoms with van der Waals surface area (Å²) in [5.74, 6) is 0. The molecule has 1 aliphatic rings. The Morgan fingerprint density at radius 2 is 2.18 bits per heavy atom. The number of hydrogen-bond acceptors (Lipinski definition) is 2. The van der Waals surface area contributed by atoms with Crippen LogP contribution in [-0.2, 0) is 0 Å². The first-order valence-electron chi connectivity index (χ1n) is 6.30. The van der Waals surface area contributed by atoms with Gasteiger partial charge in [0.25, 0.3) is 0 Å². The number of nitrogens with zero attached hydrogens (tertiary/aromatic N) is 1. The molecule has 0 aliphatic carbocycles. The van der Waals surface area contributed by atoms with Crippen molar-refractivity contribution in [2.24, 2.45) is 0 Å². The maximum Gasteiger partial charge on any atom is 0.0370 e. The van der Waals surface area contributed by atoms with Crippen molar-refractivity contribution in [1.29, 1.82) is 0 Å². The molecule has 17 heavy (non-hydrogen) atoms. The van der Waals surface area contributed by atoms with Crippen molar-refractivity contribution in [3.8, 4) is 0 Å². The van der Waals surface area contributed by atoms with Crippen LogP contribution in [0.1, 0.15) is 23.1 Å². The van der Waals surface area contributed by atoms with Crippen LogP contribution in [0.5, 0.6) is 0 Å². The van der Waals surface area contributed by atoms with Crippen molar-refractivity contribution in [1.82, 2.24) is 10.2 Å². The molecule has 1 unspecified atom stereocenters. The lowest BCUT2D eigenvalue weighted by atomic mass is 10.0. The Hall–Kier alpha value is -1.28. The quantitative estimate of drug-likeness (QED) is 0.858. The molecule has 0 saturated carbocycles. The molecule has 0 aromatic heterocycles. The molecule has 1 fully saturated rings. The summed E-state index contributed by atoms with van der Waals surface area (Å²) in [5.41, 5.74) is 5.09. The molecule has 0 amide bonds. The number of likely N-dealkylation sites (N-methyl/N-ethyl adjacent to an activating group) is 1. The topological polar surface area (TPSA) is 15.3 Å². The molecule has 1 aromatic rings. The predicted molar refractivity (Wildman–Crippen MR) is 74.0 cm³/mol. The molecule has 0 spiro atoms. The lowest BCUT2D eigenvalue weighted by molar-refractivity contribution is 0.471. The minimum Gasteiger partial charge on any atom is -0.370 e. The molecule has 1 aliphatic heterocycles. The van der Waals surface area contributed by atoms with Crippen molar-refractivity contribution in [3.63, 3.8) is 0 Å². The molecule has 0 bridgehead atoms. The molecule has 1 N–H and O–H groups in total. The van der Waals surface area contributed by atoms with E-state index in [0.29, 0.717) is 6.04 Å². The minimum absolute atomic E-state index is 0.609. The molecule has 0 radical (unpaired) electrons. The summed E-state index contributed by atoms with van der Waals surface area (Å²) in [6.45, 7) is 10.7. The maximum absolute atomic E-state index is 4.26. The van der Waals surface area contributed by atoms with Crippen LogP contribution in [0.15, 0.2) is 24.8 Å². The minimum atomic E-state index is 0.609. The van der Waals surface area contributed by atoms with Gasteiger partial charge in [-0.05, 0) is 32.9 Å². The second kappa shape index (κ2) is 4.92. The molecule has 1 aromatic carbocycles. The van der Waals surface area contributed by atoms with E-state index in [1.807, 2.05) is 7.05 Å². The fourth-order valence-corrected chi connectivity index (χ4v) is 2.55. The lowest BCUT2D eigenvalue weighted by Crippen LogP contribution is -2.28. The summed E-state index contributed by atoms with van der Waals surface area (Å²) in [5, 5.41) is 3.34. The lowest BCUT2D eigenvalue weighted by Gasteiger charge is -2.23. The SMILES string of the molecule is C=C(c1ccc(C)cc1C)N1CCC(NC)C1. The van der Waals surface area contributed by atoms with Crippen molar-refractivity contribution < 1.29 is 0 Å². The van der Waals surface area contributed by atoms with Crippen LogP contribution in [0, 0.1) is 13.8 Å². The highest BCUT2D eigenvalue weighted by molar-refractivity contribution is 5.65. The first-order chi connectivity index (χ1) is 8.11. The standard InChI is InChI=1S/C15H22N2/c1-11-5-6-15(12(2)9-11)13(3)17-8-7-14(10-17)16-4/h5-6,9,14,16H,3,7-8,10H2,1-2,4H3. The molecular weight excluding hydrogens is 208 g/mol. The predicted octanol–water partition coefficient (Wildman–Crippen LogP) is 2.57. The number of benzene rings is 1. The van der Waals surface area contributed by atoms with Crippen LogP contribution in [-0.4, -0.2) is 31.1 Å². The van der Waals surface area contributed by atoms with Crippen molar-refractivity contribution >= 4 is 5.70 Å². The number of likely N-dealkylation sites (tertiary alicyclic amines) is 1. The smallest absolute Gasteiger partial charge is 0.0370 e. The van der Waals surface area contributed by atoms with Gasteiger partial charge in [-0.25, -0.2) is 0 Å². The molecule has 92 valence electrons. The van der Waals surface area contributed by atoms with E-state index in [0.717, 1.165) is 13.1 Å².